The maximum atomic E-state index is 4.55. The van der Waals surface area contributed by atoms with Crippen molar-refractivity contribution in [3.8, 4) is 0 Å². The van der Waals surface area contributed by atoms with Crippen LogP contribution in [-0.2, 0) is 0 Å². The summed E-state index contributed by atoms with van der Waals surface area (Å²) in [5, 5.41) is 6.80. The van der Waals surface area contributed by atoms with Gasteiger partial charge in [-0.1, -0.05) is 13.8 Å². The molecule has 0 saturated carbocycles. The van der Waals surface area contributed by atoms with Crippen LogP contribution in [0.3, 0.4) is 0 Å². The van der Waals surface area contributed by atoms with E-state index in [1.165, 1.54) is 6.42 Å². The molecule has 0 spiro atoms. The molecule has 0 radical (unpaired) electrons. The third-order valence-corrected chi connectivity index (χ3v) is 2.80. The summed E-state index contributed by atoms with van der Waals surface area (Å²) in [5.41, 5.74) is 1.03. The number of aryl methyl sites for hydroxylation is 1. The average molecular weight is 220 g/mol. The third kappa shape index (κ3) is 2.70. The van der Waals surface area contributed by atoms with Crippen LogP contribution in [0.4, 0.5) is 5.82 Å². The molecule has 1 aliphatic rings. The van der Waals surface area contributed by atoms with Gasteiger partial charge in [-0.2, -0.15) is 0 Å². The van der Waals surface area contributed by atoms with Crippen molar-refractivity contribution in [3.05, 3.63) is 17.6 Å². The first kappa shape index (κ1) is 11.3. The van der Waals surface area contributed by atoms with Crippen LogP contribution < -0.4 is 10.6 Å². The van der Waals surface area contributed by atoms with Crippen molar-refractivity contribution in [2.75, 3.05) is 18.4 Å². The maximum Gasteiger partial charge on any atom is 0.133 e. The molecule has 1 fully saturated rings. The summed E-state index contributed by atoms with van der Waals surface area (Å²) in [6, 6.07) is 2.53. The Morgan fingerprint density at radius 1 is 1.44 bits per heavy atom. The standard InChI is InChI=1S/C12H20N4/c1-8(2)12-14-9(3)6-11(16-12)15-10-4-5-13-7-10/h6,8,10,13H,4-5,7H2,1-3H3,(H,14,15,16). The molecule has 2 N–H and O–H groups in total. The highest BCUT2D eigenvalue weighted by Gasteiger charge is 2.15. The van der Waals surface area contributed by atoms with Crippen molar-refractivity contribution < 1.29 is 0 Å². The Morgan fingerprint density at radius 2 is 2.25 bits per heavy atom. The zero-order chi connectivity index (χ0) is 11.5. The molecule has 1 atom stereocenters. The van der Waals surface area contributed by atoms with Crippen molar-refractivity contribution in [2.45, 2.75) is 39.2 Å². The largest absolute Gasteiger partial charge is 0.366 e. The second-order valence-electron chi connectivity index (χ2n) is 4.74. The second kappa shape index (κ2) is 4.78. The van der Waals surface area contributed by atoms with Gasteiger partial charge in [0.2, 0.25) is 0 Å². The van der Waals surface area contributed by atoms with Gasteiger partial charge in [-0.25, -0.2) is 9.97 Å². The van der Waals surface area contributed by atoms with Crippen LogP contribution in [0.5, 0.6) is 0 Å². The summed E-state index contributed by atoms with van der Waals surface area (Å²) in [6.07, 6.45) is 1.17. The van der Waals surface area contributed by atoms with E-state index < -0.39 is 0 Å². The molecule has 4 heteroatoms. The van der Waals surface area contributed by atoms with Crippen LogP contribution in [0.15, 0.2) is 6.07 Å². The van der Waals surface area contributed by atoms with Crippen LogP contribution in [0, 0.1) is 6.92 Å². The van der Waals surface area contributed by atoms with Gasteiger partial charge in [-0.3, -0.25) is 0 Å². The molecule has 0 aromatic carbocycles. The Bertz CT molecular complexity index is 356. The predicted octanol–water partition coefficient (Wildman–Crippen LogP) is 1.68. The SMILES string of the molecule is Cc1cc(NC2CCNC2)nc(C(C)C)n1. The number of hydrogen-bond donors (Lipinski definition) is 2. The topological polar surface area (TPSA) is 49.8 Å². The fraction of sp³-hybridized carbons (Fsp3) is 0.667. The molecular weight excluding hydrogens is 200 g/mol. The maximum absolute atomic E-state index is 4.55. The minimum absolute atomic E-state index is 0.377. The molecule has 2 heterocycles. The highest BCUT2D eigenvalue weighted by atomic mass is 15.1. The summed E-state index contributed by atoms with van der Waals surface area (Å²) in [6.45, 7) is 8.38. The first-order chi connectivity index (χ1) is 7.65. The fourth-order valence-electron chi connectivity index (χ4n) is 1.91. The zero-order valence-corrected chi connectivity index (χ0v) is 10.2. The minimum Gasteiger partial charge on any atom is -0.366 e. The summed E-state index contributed by atoms with van der Waals surface area (Å²) in [7, 11) is 0. The molecule has 1 unspecified atom stereocenters. The molecule has 0 bridgehead atoms. The van der Waals surface area contributed by atoms with Gasteiger partial charge in [0.05, 0.1) is 0 Å². The minimum atomic E-state index is 0.377. The van der Waals surface area contributed by atoms with Crippen LogP contribution >= 0.6 is 0 Å². The van der Waals surface area contributed by atoms with E-state index in [1.54, 1.807) is 0 Å². The summed E-state index contributed by atoms with van der Waals surface area (Å²) >= 11 is 0. The normalized spacial score (nSPS) is 20.4. The average Bonchev–Trinajstić information content (AvgIpc) is 2.69. The summed E-state index contributed by atoms with van der Waals surface area (Å²) in [5.74, 6) is 2.26. The number of nitrogens with zero attached hydrogens (tertiary/aromatic N) is 2. The second-order valence-corrected chi connectivity index (χ2v) is 4.74. The Balaban J connectivity index is 2.13. The van der Waals surface area contributed by atoms with E-state index in [4.69, 9.17) is 0 Å². The molecule has 1 aromatic rings. The number of aromatic nitrogens is 2. The van der Waals surface area contributed by atoms with Gasteiger partial charge in [0.1, 0.15) is 11.6 Å². The first-order valence-electron chi connectivity index (χ1n) is 5.98. The first-order valence-corrected chi connectivity index (χ1v) is 5.98. The van der Waals surface area contributed by atoms with Gasteiger partial charge in [-0.15, -0.1) is 0 Å². The van der Waals surface area contributed by atoms with E-state index >= 15 is 0 Å². The highest BCUT2D eigenvalue weighted by Crippen LogP contribution is 2.15. The lowest BCUT2D eigenvalue weighted by atomic mass is 10.2. The molecule has 2 rings (SSSR count). The van der Waals surface area contributed by atoms with Crippen molar-refractivity contribution in [3.63, 3.8) is 0 Å². The number of nitrogens with one attached hydrogen (secondary N) is 2. The van der Waals surface area contributed by atoms with Crippen LogP contribution in [0.25, 0.3) is 0 Å². The monoisotopic (exact) mass is 220 g/mol. The van der Waals surface area contributed by atoms with E-state index in [-0.39, 0.29) is 0 Å². The van der Waals surface area contributed by atoms with Crippen LogP contribution in [0.1, 0.15) is 37.7 Å². The van der Waals surface area contributed by atoms with Crippen molar-refractivity contribution in [1.29, 1.82) is 0 Å². The number of rotatable bonds is 3. The summed E-state index contributed by atoms with van der Waals surface area (Å²) < 4.78 is 0. The molecule has 0 aliphatic carbocycles. The molecule has 16 heavy (non-hydrogen) atoms. The molecule has 1 saturated heterocycles. The van der Waals surface area contributed by atoms with E-state index in [9.17, 15) is 0 Å². The molecule has 88 valence electrons. The van der Waals surface area contributed by atoms with Gasteiger partial charge in [-0.05, 0) is 19.9 Å². The van der Waals surface area contributed by atoms with Gasteiger partial charge in [0, 0.05) is 30.3 Å². The Labute approximate surface area is 96.9 Å². The van der Waals surface area contributed by atoms with Gasteiger partial charge in [0.25, 0.3) is 0 Å². The number of hydrogen-bond acceptors (Lipinski definition) is 4. The highest BCUT2D eigenvalue weighted by molar-refractivity contribution is 5.37. The molecule has 4 nitrogen and oxygen atoms in total. The van der Waals surface area contributed by atoms with Gasteiger partial charge >= 0.3 is 0 Å². The molecule has 0 amide bonds. The van der Waals surface area contributed by atoms with E-state index in [2.05, 4.69) is 34.4 Å². The third-order valence-electron chi connectivity index (χ3n) is 2.80. The zero-order valence-electron chi connectivity index (χ0n) is 10.2. The van der Waals surface area contributed by atoms with Crippen molar-refractivity contribution >= 4 is 5.82 Å². The van der Waals surface area contributed by atoms with E-state index in [0.29, 0.717) is 12.0 Å². The van der Waals surface area contributed by atoms with Gasteiger partial charge in [0.15, 0.2) is 0 Å². The van der Waals surface area contributed by atoms with Crippen LogP contribution in [-0.4, -0.2) is 29.1 Å². The van der Waals surface area contributed by atoms with Gasteiger partial charge < -0.3 is 10.6 Å². The van der Waals surface area contributed by atoms with E-state index in [0.717, 1.165) is 30.4 Å². The smallest absolute Gasteiger partial charge is 0.133 e. The molecule has 1 aliphatic heterocycles. The number of anilines is 1. The van der Waals surface area contributed by atoms with Crippen LogP contribution in [0.2, 0.25) is 0 Å². The Hall–Kier alpha value is -1.16. The van der Waals surface area contributed by atoms with Crippen molar-refractivity contribution in [1.82, 2.24) is 15.3 Å². The lowest BCUT2D eigenvalue weighted by Gasteiger charge is -2.14. The van der Waals surface area contributed by atoms with E-state index in [1.807, 2.05) is 13.0 Å². The summed E-state index contributed by atoms with van der Waals surface area (Å²) in [4.78, 5) is 8.99. The van der Waals surface area contributed by atoms with Crippen molar-refractivity contribution in [2.24, 2.45) is 0 Å². The lowest BCUT2D eigenvalue weighted by molar-refractivity contribution is 0.749. The fourth-order valence-corrected chi connectivity index (χ4v) is 1.91. The Morgan fingerprint density at radius 3 is 2.88 bits per heavy atom. The predicted molar refractivity (Wildman–Crippen MR) is 65.8 cm³/mol. The quantitative estimate of drug-likeness (QED) is 0.813. The lowest BCUT2D eigenvalue weighted by Crippen LogP contribution is -2.23. The molecule has 1 aromatic heterocycles. The molecular formula is C12H20N4. The Kier molecular flexibility index (Phi) is 3.39.